The number of carbonyl (C=O) groups is 2. The molecule has 2 aromatic carbocycles. The van der Waals surface area contributed by atoms with Crippen molar-refractivity contribution in [3.05, 3.63) is 59.7 Å². The van der Waals surface area contributed by atoms with Gasteiger partial charge < -0.3 is 10.1 Å². The van der Waals surface area contributed by atoms with Gasteiger partial charge in [0.25, 0.3) is 0 Å². The van der Waals surface area contributed by atoms with E-state index in [1.807, 2.05) is 19.1 Å². The Balaban J connectivity index is 2.20. The molecule has 1 atom stereocenters. The highest BCUT2D eigenvalue weighted by molar-refractivity contribution is 7.89. The Morgan fingerprint density at radius 1 is 1.03 bits per heavy atom. The Morgan fingerprint density at radius 2 is 1.62 bits per heavy atom. The monoisotopic (exact) mass is 418 g/mol. The number of aryl methyl sites for hydroxylation is 1. The highest BCUT2D eigenvalue weighted by Crippen LogP contribution is 2.20. The van der Waals surface area contributed by atoms with Crippen molar-refractivity contribution in [2.45, 2.75) is 38.6 Å². The molecule has 1 N–H and O–H groups in total. The van der Waals surface area contributed by atoms with E-state index in [4.69, 9.17) is 4.74 Å². The second kappa shape index (κ2) is 9.67. The van der Waals surface area contributed by atoms with E-state index >= 15 is 0 Å². The van der Waals surface area contributed by atoms with Crippen molar-refractivity contribution < 1.29 is 22.7 Å². The molecule has 156 valence electrons. The second-order valence-electron chi connectivity index (χ2n) is 6.48. The average molecular weight is 419 g/mol. The van der Waals surface area contributed by atoms with Crippen LogP contribution in [0.15, 0.2) is 53.4 Å². The van der Waals surface area contributed by atoms with Crippen molar-refractivity contribution in [2.24, 2.45) is 0 Å². The van der Waals surface area contributed by atoms with Crippen LogP contribution in [-0.2, 0) is 19.6 Å². The molecule has 0 heterocycles. The number of anilines is 1. The molecule has 0 spiro atoms. The fourth-order valence-corrected chi connectivity index (χ4v) is 4.38. The van der Waals surface area contributed by atoms with Gasteiger partial charge in [-0.1, -0.05) is 24.6 Å². The Labute approximate surface area is 171 Å². The topological polar surface area (TPSA) is 92.8 Å². The molecule has 8 heteroatoms. The minimum Gasteiger partial charge on any atom is -0.462 e. The quantitative estimate of drug-likeness (QED) is 0.665. The van der Waals surface area contributed by atoms with E-state index in [0.717, 1.165) is 9.87 Å². The summed E-state index contributed by atoms with van der Waals surface area (Å²) >= 11 is 0. The van der Waals surface area contributed by atoms with E-state index in [9.17, 15) is 18.0 Å². The number of nitrogens with zero attached hydrogens (tertiary/aromatic N) is 1. The summed E-state index contributed by atoms with van der Waals surface area (Å²) in [6.45, 7) is 7.18. The molecule has 2 aromatic rings. The van der Waals surface area contributed by atoms with Gasteiger partial charge in [0.2, 0.25) is 15.9 Å². The Hall–Kier alpha value is -2.71. The first-order valence-electron chi connectivity index (χ1n) is 9.37. The van der Waals surface area contributed by atoms with Crippen molar-refractivity contribution in [1.82, 2.24) is 4.31 Å². The molecule has 0 fully saturated rings. The van der Waals surface area contributed by atoms with Crippen LogP contribution in [0, 0.1) is 6.92 Å². The summed E-state index contributed by atoms with van der Waals surface area (Å²) in [5, 5.41) is 2.74. The van der Waals surface area contributed by atoms with Crippen LogP contribution in [0.1, 0.15) is 36.7 Å². The number of rotatable bonds is 8. The van der Waals surface area contributed by atoms with Crippen LogP contribution in [0.2, 0.25) is 0 Å². The smallest absolute Gasteiger partial charge is 0.338 e. The molecule has 0 radical (unpaired) electrons. The largest absolute Gasteiger partial charge is 0.462 e. The van der Waals surface area contributed by atoms with E-state index < -0.39 is 27.9 Å². The van der Waals surface area contributed by atoms with Crippen LogP contribution in [-0.4, -0.2) is 43.8 Å². The average Bonchev–Trinajstić information content (AvgIpc) is 2.70. The summed E-state index contributed by atoms with van der Waals surface area (Å²) in [5.74, 6) is -0.947. The molecule has 0 aliphatic rings. The molecule has 0 unspecified atom stereocenters. The summed E-state index contributed by atoms with van der Waals surface area (Å²) < 4.78 is 32.1. The molecule has 0 aliphatic heterocycles. The van der Waals surface area contributed by atoms with Crippen LogP contribution >= 0.6 is 0 Å². The third-order valence-corrected chi connectivity index (χ3v) is 6.47. The third-order valence-electron chi connectivity index (χ3n) is 4.41. The van der Waals surface area contributed by atoms with Gasteiger partial charge in [-0.25, -0.2) is 13.2 Å². The van der Waals surface area contributed by atoms with Crippen LogP contribution < -0.4 is 5.32 Å². The van der Waals surface area contributed by atoms with Crippen molar-refractivity contribution in [1.29, 1.82) is 0 Å². The van der Waals surface area contributed by atoms with Gasteiger partial charge in [-0.2, -0.15) is 4.31 Å². The maximum Gasteiger partial charge on any atom is 0.338 e. The number of nitrogens with one attached hydrogen (secondary N) is 1. The summed E-state index contributed by atoms with van der Waals surface area (Å²) in [7, 11) is -3.93. The molecule has 0 aliphatic carbocycles. The van der Waals surface area contributed by atoms with Crippen molar-refractivity contribution >= 4 is 27.6 Å². The minimum atomic E-state index is -3.93. The van der Waals surface area contributed by atoms with Gasteiger partial charge in [-0.15, -0.1) is 0 Å². The fraction of sp³-hybridized carbons (Fsp3) is 0.333. The van der Waals surface area contributed by atoms with Gasteiger partial charge in [-0.05, 0) is 57.2 Å². The third kappa shape index (κ3) is 5.42. The van der Waals surface area contributed by atoms with E-state index in [2.05, 4.69) is 5.32 Å². The molecule has 2 rings (SSSR count). The zero-order chi connectivity index (χ0) is 21.6. The zero-order valence-corrected chi connectivity index (χ0v) is 17.8. The first kappa shape index (κ1) is 22.6. The van der Waals surface area contributed by atoms with Gasteiger partial charge in [0.05, 0.1) is 17.1 Å². The lowest BCUT2D eigenvalue weighted by Gasteiger charge is -2.26. The molecule has 0 saturated carbocycles. The lowest BCUT2D eigenvalue weighted by Crippen LogP contribution is -2.45. The fourth-order valence-electron chi connectivity index (χ4n) is 2.78. The number of sulfonamides is 1. The number of likely N-dealkylation sites (N-methyl/N-ethyl adjacent to an activating group) is 1. The molecule has 0 bridgehead atoms. The summed E-state index contributed by atoms with van der Waals surface area (Å²) in [4.78, 5) is 24.4. The molecular formula is C21H26N2O5S. The Bertz CT molecular complexity index is 954. The van der Waals surface area contributed by atoms with Crippen LogP contribution in [0.4, 0.5) is 5.69 Å². The van der Waals surface area contributed by atoms with Gasteiger partial charge in [-0.3, -0.25) is 4.79 Å². The summed E-state index contributed by atoms with van der Waals surface area (Å²) in [6, 6.07) is 11.8. The maximum atomic E-state index is 13.0. The predicted molar refractivity (Wildman–Crippen MR) is 111 cm³/mol. The van der Waals surface area contributed by atoms with E-state index in [0.29, 0.717) is 5.69 Å². The standard InChI is InChI=1S/C21H26N2O5S/c1-5-23(16(4)20(24)22-18-11-7-15(3)8-12-18)29(26,27)19-13-9-17(10-14-19)21(25)28-6-2/h7-14,16H,5-6H2,1-4H3,(H,22,24)/t16-/m0/s1. The molecule has 0 saturated heterocycles. The van der Waals surface area contributed by atoms with E-state index in [1.165, 1.54) is 31.2 Å². The molecular weight excluding hydrogens is 392 g/mol. The highest BCUT2D eigenvalue weighted by atomic mass is 32.2. The van der Waals surface area contributed by atoms with Crippen molar-refractivity contribution in [3.63, 3.8) is 0 Å². The highest BCUT2D eigenvalue weighted by Gasteiger charge is 2.32. The number of amides is 1. The van der Waals surface area contributed by atoms with Crippen LogP contribution in [0.25, 0.3) is 0 Å². The van der Waals surface area contributed by atoms with E-state index in [-0.39, 0.29) is 23.6 Å². The lowest BCUT2D eigenvalue weighted by molar-refractivity contribution is -0.119. The number of carbonyl (C=O) groups excluding carboxylic acids is 2. The molecule has 7 nitrogen and oxygen atoms in total. The number of ether oxygens (including phenoxy) is 1. The molecule has 1 amide bonds. The van der Waals surface area contributed by atoms with Crippen molar-refractivity contribution in [3.8, 4) is 0 Å². The lowest BCUT2D eigenvalue weighted by atomic mass is 10.2. The van der Waals surface area contributed by atoms with Gasteiger partial charge in [0.1, 0.15) is 6.04 Å². The summed E-state index contributed by atoms with van der Waals surface area (Å²) in [5.41, 5.74) is 1.92. The van der Waals surface area contributed by atoms with E-state index in [1.54, 1.807) is 26.0 Å². The summed E-state index contributed by atoms with van der Waals surface area (Å²) in [6.07, 6.45) is 0. The van der Waals surface area contributed by atoms with Gasteiger partial charge in [0.15, 0.2) is 0 Å². The van der Waals surface area contributed by atoms with Crippen LogP contribution in [0.3, 0.4) is 0 Å². The molecule has 29 heavy (non-hydrogen) atoms. The van der Waals surface area contributed by atoms with Gasteiger partial charge in [0, 0.05) is 12.2 Å². The number of hydrogen-bond acceptors (Lipinski definition) is 5. The zero-order valence-electron chi connectivity index (χ0n) is 17.0. The first-order chi connectivity index (χ1) is 13.7. The van der Waals surface area contributed by atoms with Crippen LogP contribution in [0.5, 0.6) is 0 Å². The second-order valence-corrected chi connectivity index (χ2v) is 8.38. The SMILES string of the molecule is CCOC(=O)c1ccc(S(=O)(=O)N(CC)[C@@H](C)C(=O)Nc2ccc(C)cc2)cc1. The predicted octanol–water partition coefficient (Wildman–Crippen LogP) is 3.21. The Kier molecular flexibility index (Phi) is 7.53. The number of hydrogen-bond donors (Lipinski definition) is 1. The minimum absolute atomic E-state index is 0.00221. The first-order valence-corrected chi connectivity index (χ1v) is 10.8. The normalized spacial score (nSPS) is 12.4. The maximum absolute atomic E-state index is 13.0. The number of esters is 1. The Morgan fingerprint density at radius 3 is 2.14 bits per heavy atom. The number of benzene rings is 2. The van der Waals surface area contributed by atoms with Crippen molar-refractivity contribution in [2.75, 3.05) is 18.5 Å². The van der Waals surface area contributed by atoms with Gasteiger partial charge >= 0.3 is 5.97 Å². The molecule has 0 aromatic heterocycles.